The van der Waals surface area contributed by atoms with E-state index in [1.54, 1.807) is 19.9 Å². The number of hydrogen-bond donors (Lipinski definition) is 1. The highest BCUT2D eigenvalue weighted by atomic mass is 19.1. The Morgan fingerprint density at radius 1 is 1.07 bits per heavy atom. The molecular formula is C20H21F2NO4. The van der Waals surface area contributed by atoms with E-state index in [1.807, 2.05) is 0 Å². The first-order chi connectivity index (χ1) is 12.8. The molecule has 1 atom stereocenters. The van der Waals surface area contributed by atoms with E-state index in [0.29, 0.717) is 5.56 Å². The van der Waals surface area contributed by atoms with E-state index in [9.17, 15) is 18.4 Å². The lowest BCUT2D eigenvalue weighted by Crippen LogP contribution is -2.45. The first kappa shape index (κ1) is 20.4. The molecule has 5 nitrogen and oxygen atoms in total. The molecule has 0 fully saturated rings. The summed E-state index contributed by atoms with van der Waals surface area (Å²) in [6.07, 6.45) is 0. The van der Waals surface area contributed by atoms with Crippen LogP contribution in [0.4, 0.5) is 8.78 Å². The maximum Gasteiger partial charge on any atom is 0.329 e. The topological polar surface area (TPSA) is 64.6 Å². The van der Waals surface area contributed by atoms with Crippen LogP contribution in [0.3, 0.4) is 0 Å². The zero-order chi connectivity index (χ0) is 20.0. The number of rotatable bonds is 7. The maximum atomic E-state index is 13.7. The minimum Gasteiger partial charge on any atom is -0.494 e. The van der Waals surface area contributed by atoms with Crippen LogP contribution in [0.5, 0.6) is 5.75 Å². The van der Waals surface area contributed by atoms with Crippen LogP contribution in [-0.2, 0) is 16.1 Å². The summed E-state index contributed by atoms with van der Waals surface area (Å²) in [5.74, 6) is -2.32. The highest BCUT2D eigenvalue weighted by molar-refractivity contribution is 5.96. The molecule has 0 aliphatic carbocycles. The van der Waals surface area contributed by atoms with Crippen LogP contribution in [-0.4, -0.2) is 25.0 Å². The number of hydrogen-bond acceptors (Lipinski definition) is 4. The first-order valence-electron chi connectivity index (χ1n) is 8.37. The fourth-order valence-corrected chi connectivity index (χ4v) is 2.37. The van der Waals surface area contributed by atoms with Crippen LogP contribution in [0.1, 0.15) is 29.8 Å². The van der Waals surface area contributed by atoms with E-state index in [-0.39, 0.29) is 23.8 Å². The van der Waals surface area contributed by atoms with Gasteiger partial charge in [0.2, 0.25) is 0 Å². The van der Waals surface area contributed by atoms with E-state index in [1.165, 1.54) is 31.4 Å². The Morgan fingerprint density at radius 3 is 2.30 bits per heavy atom. The van der Waals surface area contributed by atoms with Crippen molar-refractivity contribution < 1.29 is 27.8 Å². The zero-order valence-electron chi connectivity index (χ0n) is 15.3. The SMILES string of the molecule is COc1ccc(COC(=O)[C@@H](NC(=O)c2ccc(F)cc2)C(C)C)cc1F. The van der Waals surface area contributed by atoms with Crippen molar-refractivity contribution in [2.24, 2.45) is 5.92 Å². The van der Waals surface area contributed by atoms with Gasteiger partial charge in [-0.25, -0.2) is 13.6 Å². The molecule has 1 amide bonds. The summed E-state index contributed by atoms with van der Waals surface area (Å²) in [4.78, 5) is 24.6. The molecule has 7 heteroatoms. The third kappa shape index (κ3) is 5.51. The fourth-order valence-electron chi connectivity index (χ4n) is 2.37. The second-order valence-corrected chi connectivity index (χ2v) is 6.28. The van der Waals surface area contributed by atoms with Crippen LogP contribution < -0.4 is 10.1 Å². The number of esters is 1. The molecule has 0 saturated carbocycles. The van der Waals surface area contributed by atoms with Crippen molar-refractivity contribution in [1.29, 1.82) is 0 Å². The predicted octanol–water partition coefficient (Wildman–Crippen LogP) is 3.47. The van der Waals surface area contributed by atoms with E-state index in [2.05, 4.69) is 5.32 Å². The van der Waals surface area contributed by atoms with Crippen LogP contribution >= 0.6 is 0 Å². The molecule has 2 aromatic carbocycles. The highest BCUT2D eigenvalue weighted by Crippen LogP contribution is 2.18. The molecule has 0 bridgehead atoms. The van der Waals surface area contributed by atoms with Gasteiger partial charge in [-0.15, -0.1) is 0 Å². The number of halogens is 2. The van der Waals surface area contributed by atoms with Gasteiger partial charge >= 0.3 is 5.97 Å². The van der Waals surface area contributed by atoms with Crippen LogP contribution in [0.15, 0.2) is 42.5 Å². The minimum absolute atomic E-state index is 0.0942. The lowest BCUT2D eigenvalue weighted by atomic mass is 10.0. The van der Waals surface area contributed by atoms with Gasteiger partial charge in [0.15, 0.2) is 11.6 Å². The van der Waals surface area contributed by atoms with Crippen molar-refractivity contribution >= 4 is 11.9 Å². The van der Waals surface area contributed by atoms with Gasteiger partial charge in [-0.1, -0.05) is 19.9 Å². The standard InChI is InChI=1S/C20H21F2NO4/c1-12(2)18(23-19(24)14-5-7-15(21)8-6-14)20(25)27-11-13-4-9-17(26-3)16(22)10-13/h4-10,12,18H,11H2,1-3H3,(H,23,24)/t18-/m0/s1. The number of amides is 1. The summed E-state index contributed by atoms with van der Waals surface area (Å²) < 4.78 is 36.7. The van der Waals surface area contributed by atoms with Crippen molar-refractivity contribution in [3.05, 3.63) is 65.2 Å². The van der Waals surface area contributed by atoms with E-state index in [0.717, 1.165) is 12.1 Å². The molecule has 1 N–H and O–H groups in total. The van der Waals surface area contributed by atoms with Gasteiger partial charge in [0, 0.05) is 5.56 Å². The van der Waals surface area contributed by atoms with Gasteiger partial charge in [-0.3, -0.25) is 4.79 Å². The summed E-state index contributed by atoms with van der Waals surface area (Å²) >= 11 is 0. The molecule has 0 heterocycles. The van der Waals surface area contributed by atoms with E-state index in [4.69, 9.17) is 9.47 Å². The molecule has 0 aliphatic heterocycles. The zero-order valence-corrected chi connectivity index (χ0v) is 15.3. The predicted molar refractivity (Wildman–Crippen MR) is 95.2 cm³/mol. The molecule has 0 unspecified atom stereocenters. The summed E-state index contributed by atoms with van der Waals surface area (Å²) in [6.45, 7) is 3.36. The van der Waals surface area contributed by atoms with E-state index < -0.39 is 29.6 Å². The van der Waals surface area contributed by atoms with E-state index >= 15 is 0 Å². The lowest BCUT2D eigenvalue weighted by molar-refractivity contribution is -0.148. The second kappa shape index (κ2) is 9.12. The van der Waals surface area contributed by atoms with Gasteiger partial charge in [-0.2, -0.15) is 0 Å². The maximum absolute atomic E-state index is 13.7. The molecule has 144 valence electrons. The van der Waals surface area contributed by atoms with Crippen molar-refractivity contribution in [1.82, 2.24) is 5.32 Å². The normalized spacial score (nSPS) is 11.8. The van der Waals surface area contributed by atoms with Gasteiger partial charge < -0.3 is 14.8 Å². The second-order valence-electron chi connectivity index (χ2n) is 6.28. The summed E-state index contributed by atoms with van der Waals surface area (Å²) in [7, 11) is 1.36. The Kier molecular flexibility index (Phi) is 6.87. The Hall–Kier alpha value is -2.96. The number of ether oxygens (including phenoxy) is 2. The lowest BCUT2D eigenvalue weighted by Gasteiger charge is -2.21. The summed E-state index contributed by atoms with van der Waals surface area (Å²) in [5, 5.41) is 2.59. The van der Waals surface area contributed by atoms with Crippen molar-refractivity contribution in [2.45, 2.75) is 26.5 Å². The van der Waals surface area contributed by atoms with Gasteiger partial charge in [0.25, 0.3) is 5.91 Å². The van der Waals surface area contributed by atoms with Crippen LogP contribution in [0.25, 0.3) is 0 Å². The molecule has 0 spiro atoms. The average molecular weight is 377 g/mol. The Balaban J connectivity index is 2.01. The Bertz CT molecular complexity index is 806. The first-order valence-corrected chi connectivity index (χ1v) is 8.37. The third-order valence-corrected chi connectivity index (χ3v) is 3.91. The largest absolute Gasteiger partial charge is 0.494 e. The molecule has 0 aromatic heterocycles. The molecule has 0 radical (unpaired) electrons. The molecule has 2 aromatic rings. The minimum atomic E-state index is -0.898. The van der Waals surface area contributed by atoms with Gasteiger partial charge in [0.05, 0.1) is 7.11 Å². The van der Waals surface area contributed by atoms with Gasteiger partial charge in [0.1, 0.15) is 18.5 Å². The molecular weight excluding hydrogens is 356 g/mol. The molecule has 0 aliphatic rings. The number of benzene rings is 2. The Labute approximate surface area is 156 Å². The quantitative estimate of drug-likeness (QED) is 0.751. The molecule has 2 rings (SSSR count). The van der Waals surface area contributed by atoms with Crippen molar-refractivity contribution in [2.75, 3.05) is 7.11 Å². The third-order valence-electron chi connectivity index (χ3n) is 3.91. The molecule has 0 saturated heterocycles. The van der Waals surface area contributed by atoms with Crippen molar-refractivity contribution in [3.8, 4) is 5.75 Å². The number of carbonyl (C=O) groups excluding carboxylic acids is 2. The average Bonchev–Trinajstić information content (AvgIpc) is 2.64. The number of methoxy groups -OCH3 is 1. The number of nitrogens with one attached hydrogen (secondary N) is 1. The van der Waals surface area contributed by atoms with Crippen LogP contribution in [0.2, 0.25) is 0 Å². The number of carbonyl (C=O) groups is 2. The fraction of sp³-hybridized carbons (Fsp3) is 0.300. The van der Waals surface area contributed by atoms with Crippen LogP contribution in [0, 0.1) is 17.6 Å². The monoisotopic (exact) mass is 377 g/mol. The van der Waals surface area contributed by atoms with Crippen molar-refractivity contribution in [3.63, 3.8) is 0 Å². The Morgan fingerprint density at radius 2 is 1.74 bits per heavy atom. The van der Waals surface area contributed by atoms with Gasteiger partial charge in [-0.05, 0) is 47.9 Å². The summed E-state index contributed by atoms with van der Waals surface area (Å²) in [5.41, 5.74) is 0.682. The smallest absolute Gasteiger partial charge is 0.329 e. The molecule has 27 heavy (non-hydrogen) atoms. The summed E-state index contributed by atoms with van der Waals surface area (Å²) in [6, 6.07) is 8.32. The highest BCUT2D eigenvalue weighted by Gasteiger charge is 2.26.